The van der Waals surface area contributed by atoms with E-state index in [-0.39, 0.29) is 42.0 Å². The monoisotopic (exact) mass is 431 g/mol. The van der Waals surface area contributed by atoms with Crippen molar-refractivity contribution in [3.05, 3.63) is 0 Å². The molecule has 3 amide bonds. The van der Waals surface area contributed by atoms with Gasteiger partial charge in [0.25, 0.3) is 0 Å². The molecule has 0 aliphatic heterocycles. The maximum atomic E-state index is 12.5. The normalized spacial score (nSPS) is 12.8. The van der Waals surface area contributed by atoms with E-state index in [2.05, 4.69) is 36.7 Å². The van der Waals surface area contributed by atoms with Gasteiger partial charge in [-0.1, -0.05) is 41.5 Å². The molecule has 0 saturated carbocycles. The first-order chi connectivity index (χ1) is 13.2. The minimum Gasteiger partial charge on any atom is -0.481 e. The van der Waals surface area contributed by atoms with Crippen LogP contribution in [0.1, 0.15) is 60.8 Å². The highest BCUT2D eigenvalue weighted by Crippen LogP contribution is 2.21. The molecule has 0 aromatic heterocycles. The SMILES string of the molecule is CC(C)(C)CSC[C@H](NC(=O)CCC(=O)O)C(=O)NCCNC(=O)CC(C)(C)C. The molecule has 0 bridgehead atoms. The molecule has 0 rings (SSSR count). The van der Waals surface area contributed by atoms with Crippen molar-refractivity contribution in [3.63, 3.8) is 0 Å². The molecule has 8 nitrogen and oxygen atoms in total. The lowest BCUT2D eigenvalue weighted by atomic mass is 9.92. The van der Waals surface area contributed by atoms with Crippen LogP contribution in [-0.4, -0.2) is 59.4 Å². The molecule has 0 aromatic rings. The smallest absolute Gasteiger partial charge is 0.303 e. The van der Waals surface area contributed by atoms with Gasteiger partial charge in [0.2, 0.25) is 17.7 Å². The van der Waals surface area contributed by atoms with Gasteiger partial charge in [0.05, 0.1) is 6.42 Å². The average Bonchev–Trinajstić information content (AvgIpc) is 2.53. The average molecular weight is 432 g/mol. The number of hydrogen-bond acceptors (Lipinski definition) is 5. The lowest BCUT2D eigenvalue weighted by Gasteiger charge is -2.22. The van der Waals surface area contributed by atoms with Gasteiger partial charge in [-0.2, -0.15) is 11.8 Å². The summed E-state index contributed by atoms with van der Waals surface area (Å²) in [7, 11) is 0. The standard InChI is InChI=1S/C20H37N3O5S/c1-19(2,3)11-16(25)21-9-10-22-18(28)14(12-29-13-20(4,5)6)23-15(24)7-8-17(26)27/h14H,7-13H2,1-6H3,(H,21,25)(H,22,28)(H,23,24)(H,26,27)/t14-/m0/s1. The summed E-state index contributed by atoms with van der Waals surface area (Å²) in [6, 6.07) is -0.756. The van der Waals surface area contributed by atoms with Gasteiger partial charge in [0, 0.05) is 31.7 Å². The Labute approximate surface area is 178 Å². The molecule has 0 fully saturated rings. The van der Waals surface area contributed by atoms with Gasteiger partial charge in [-0.3, -0.25) is 19.2 Å². The predicted molar refractivity (Wildman–Crippen MR) is 116 cm³/mol. The van der Waals surface area contributed by atoms with E-state index >= 15 is 0 Å². The Morgan fingerprint density at radius 1 is 0.862 bits per heavy atom. The Kier molecular flexibility index (Phi) is 11.9. The van der Waals surface area contributed by atoms with E-state index in [9.17, 15) is 19.2 Å². The quantitative estimate of drug-likeness (QED) is 0.349. The van der Waals surface area contributed by atoms with E-state index < -0.39 is 17.9 Å². The highest BCUT2D eigenvalue weighted by Gasteiger charge is 2.22. The number of amides is 3. The Hall–Kier alpha value is -1.77. The van der Waals surface area contributed by atoms with Gasteiger partial charge in [0.15, 0.2) is 0 Å². The van der Waals surface area contributed by atoms with Crippen molar-refractivity contribution in [2.75, 3.05) is 24.6 Å². The van der Waals surface area contributed by atoms with Crippen molar-refractivity contribution >= 4 is 35.5 Å². The van der Waals surface area contributed by atoms with Crippen LogP contribution in [0.2, 0.25) is 0 Å². The fraction of sp³-hybridized carbons (Fsp3) is 0.800. The largest absolute Gasteiger partial charge is 0.481 e. The van der Waals surface area contributed by atoms with Crippen LogP contribution in [0.3, 0.4) is 0 Å². The number of hydrogen-bond donors (Lipinski definition) is 4. The molecular formula is C20H37N3O5S. The second kappa shape index (κ2) is 12.7. The third-order valence-electron chi connectivity index (χ3n) is 3.47. The van der Waals surface area contributed by atoms with Crippen LogP contribution in [0.5, 0.6) is 0 Å². The first-order valence-corrected chi connectivity index (χ1v) is 11.0. The van der Waals surface area contributed by atoms with Crippen molar-refractivity contribution < 1.29 is 24.3 Å². The zero-order chi connectivity index (χ0) is 22.7. The van der Waals surface area contributed by atoms with Crippen LogP contribution in [0, 0.1) is 10.8 Å². The fourth-order valence-electron chi connectivity index (χ4n) is 2.21. The summed E-state index contributed by atoms with van der Waals surface area (Å²) in [4.78, 5) is 46.9. The maximum Gasteiger partial charge on any atom is 0.303 e. The number of carbonyl (C=O) groups is 4. The van der Waals surface area contributed by atoms with Crippen molar-refractivity contribution in [2.45, 2.75) is 66.8 Å². The lowest BCUT2D eigenvalue weighted by molar-refractivity contribution is -0.139. The van der Waals surface area contributed by atoms with Crippen LogP contribution in [0.4, 0.5) is 0 Å². The van der Waals surface area contributed by atoms with Crippen LogP contribution in [0.15, 0.2) is 0 Å². The van der Waals surface area contributed by atoms with Crippen molar-refractivity contribution in [1.29, 1.82) is 0 Å². The number of carbonyl (C=O) groups excluding carboxylic acids is 3. The Bertz CT molecular complexity index is 567. The van der Waals surface area contributed by atoms with Gasteiger partial charge < -0.3 is 21.1 Å². The van der Waals surface area contributed by atoms with Crippen LogP contribution >= 0.6 is 11.8 Å². The Morgan fingerprint density at radius 2 is 1.45 bits per heavy atom. The summed E-state index contributed by atoms with van der Waals surface area (Å²) in [5.41, 5.74) is -0.0285. The first kappa shape index (κ1) is 27.2. The third-order valence-corrected chi connectivity index (χ3v) is 5.11. The molecule has 0 unspecified atom stereocenters. The second-order valence-corrected chi connectivity index (χ2v) is 10.5. The predicted octanol–water partition coefficient (Wildman–Crippen LogP) is 1.78. The second-order valence-electron chi connectivity index (χ2n) is 9.47. The number of rotatable bonds is 12. The highest BCUT2D eigenvalue weighted by molar-refractivity contribution is 7.99. The van der Waals surface area contributed by atoms with Gasteiger partial charge in [-0.15, -0.1) is 0 Å². The molecule has 168 valence electrons. The van der Waals surface area contributed by atoms with E-state index in [4.69, 9.17) is 5.11 Å². The number of carboxylic acids is 1. The molecule has 0 radical (unpaired) electrons. The first-order valence-electron chi connectivity index (χ1n) is 9.83. The van der Waals surface area contributed by atoms with Crippen LogP contribution in [0.25, 0.3) is 0 Å². The molecule has 9 heteroatoms. The molecule has 0 aliphatic carbocycles. The topological polar surface area (TPSA) is 125 Å². The number of aliphatic carboxylic acids is 1. The van der Waals surface area contributed by atoms with E-state index in [1.54, 1.807) is 11.8 Å². The summed E-state index contributed by atoms with van der Waals surface area (Å²) in [5, 5.41) is 16.8. The molecule has 1 atom stereocenters. The molecule has 4 N–H and O–H groups in total. The zero-order valence-corrected chi connectivity index (χ0v) is 19.3. The Balaban J connectivity index is 4.56. The molecule has 0 aromatic carbocycles. The molecule has 0 heterocycles. The van der Waals surface area contributed by atoms with Crippen molar-refractivity contribution in [3.8, 4) is 0 Å². The van der Waals surface area contributed by atoms with E-state index in [0.717, 1.165) is 5.75 Å². The summed E-state index contributed by atoms with van der Waals surface area (Å²) < 4.78 is 0. The van der Waals surface area contributed by atoms with Gasteiger partial charge >= 0.3 is 5.97 Å². The third kappa shape index (κ3) is 16.9. The van der Waals surface area contributed by atoms with E-state index in [1.807, 2.05) is 20.8 Å². The Morgan fingerprint density at radius 3 is 1.97 bits per heavy atom. The molecular weight excluding hydrogens is 394 g/mol. The lowest BCUT2D eigenvalue weighted by Crippen LogP contribution is -2.49. The van der Waals surface area contributed by atoms with Crippen LogP contribution in [-0.2, 0) is 19.2 Å². The zero-order valence-electron chi connectivity index (χ0n) is 18.5. The van der Waals surface area contributed by atoms with Gasteiger partial charge in [0.1, 0.15) is 6.04 Å². The number of nitrogens with one attached hydrogen (secondary N) is 3. The molecule has 29 heavy (non-hydrogen) atoms. The van der Waals surface area contributed by atoms with Crippen molar-refractivity contribution in [1.82, 2.24) is 16.0 Å². The van der Waals surface area contributed by atoms with Gasteiger partial charge in [-0.05, 0) is 16.6 Å². The summed E-state index contributed by atoms with van der Waals surface area (Å²) >= 11 is 1.55. The fourth-order valence-corrected chi connectivity index (χ4v) is 3.41. The van der Waals surface area contributed by atoms with Crippen molar-refractivity contribution in [2.24, 2.45) is 10.8 Å². The summed E-state index contributed by atoms with van der Waals surface area (Å²) in [5.74, 6) is -0.758. The van der Waals surface area contributed by atoms with Crippen LogP contribution < -0.4 is 16.0 Å². The maximum absolute atomic E-state index is 12.5. The number of carboxylic acid groups (broad SMARTS) is 1. The molecule has 0 aliphatic rings. The van der Waals surface area contributed by atoms with Gasteiger partial charge in [-0.25, -0.2) is 0 Å². The highest BCUT2D eigenvalue weighted by atomic mass is 32.2. The molecule has 0 spiro atoms. The summed E-state index contributed by atoms with van der Waals surface area (Å²) in [6.07, 6.45) is -0.0618. The number of thioether (sulfide) groups is 1. The summed E-state index contributed by atoms with van der Waals surface area (Å²) in [6.45, 7) is 12.7. The van der Waals surface area contributed by atoms with E-state index in [1.165, 1.54) is 0 Å². The van der Waals surface area contributed by atoms with E-state index in [0.29, 0.717) is 18.7 Å². The molecule has 0 saturated heterocycles. The minimum absolute atomic E-state index is 0.0778. The minimum atomic E-state index is -1.06.